The molecule has 1 amide bonds. The largest absolute Gasteiger partial charge is 0.389 e. The predicted octanol–water partition coefficient (Wildman–Crippen LogP) is 2.57. The van der Waals surface area contributed by atoms with Crippen molar-refractivity contribution in [1.82, 2.24) is 5.32 Å². The van der Waals surface area contributed by atoms with Crippen LogP contribution in [0, 0.1) is 0 Å². The fourth-order valence-corrected chi connectivity index (χ4v) is 1.42. The Balaban J connectivity index is 0.00000324. The third-order valence-corrected chi connectivity index (χ3v) is 2.38. The zero-order valence-electron chi connectivity index (χ0n) is 10.1. The van der Waals surface area contributed by atoms with Gasteiger partial charge in [-0.2, -0.15) is 13.2 Å². The topological polar surface area (TPSA) is 55.1 Å². The molecule has 0 aliphatic heterocycles. The summed E-state index contributed by atoms with van der Waals surface area (Å²) in [6.07, 6.45) is -5.24. The van der Waals surface area contributed by atoms with E-state index in [1.54, 1.807) is 30.3 Å². The monoisotopic (exact) mass is 296 g/mol. The Hall–Kier alpha value is -1.27. The van der Waals surface area contributed by atoms with E-state index < -0.39 is 24.5 Å². The molecule has 0 bridgehead atoms. The van der Waals surface area contributed by atoms with Crippen LogP contribution in [0.1, 0.15) is 24.4 Å². The molecule has 0 spiro atoms. The number of rotatable bonds is 5. The molecule has 0 saturated heterocycles. The van der Waals surface area contributed by atoms with Gasteiger partial charge in [-0.3, -0.25) is 4.79 Å². The second kappa shape index (κ2) is 8.01. The number of amides is 1. The second-order valence-electron chi connectivity index (χ2n) is 3.90. The molecular weight excluding hydrogens is 281 g/mol. The molecule has 0 saturated carbocycles. The van der Waals surface area contributed by atoms with Gasteiger partial charge < -0.3 is 11.1 Å². The standard InChI is InChI=1S/C12H15F3N2O.ClH/c13-12(14,15)7-4-8-17-11(18)10(16)9-5-2-1-3-6-9;/h1-3,5-6,10H,4,7-8,16H2,(H,17,18);1H. The van der Waals surface area contributed by atoms with Gasteiger partial charge in [-0.05, 0) is 12.0 Å². The van der Waals surface area contributed by atoms with Gasteiger partial charge >= 0.3 is 6.18 Å². The number of carbonyl (C=O) groups excluding carboxylic acids is 1. The highest BCUT2D eigenvalue weighted by molar-refractivity contribution is 5.85. The molecule has 0 aromatic heterocycles. The van der Waals surface area contributed by atoms with E-state index in [0.29, 0.717) is 5.56 Å². The maximum absolute atomic E-state index is 11.9. The van der Waals surface area contributed by atoms with Crippen molar-refractivity contribution in [2.45, 2.75) is 25.1 Å². The molecule has 7 heteroatoms. The summed E-state index contributed by atoms with van der Waals surface area (Å²) in [6.45, 7) is -0.0289. The Morgan fingerprint density at radius 3 is 2.37 bits per heavy atom. The van der Waals surface area contributed by atoms with Crippen molar-refractivity contribution in [2.24, 2.45) is 5.73 Å². The van der Waals surface area contributed by atoms with Gasteiger partial charge in [0.15, 0.2) is 0 Å². The van der Waals surface area contributed by atoms with Crippen molar-refractivity contribution in [3.63, 3.8) is 0 Å². The quantitative estimate of drug-likeness (QED) is 0.821. The maximum atomic E-state index is 11.9. The van der Waals surface area contributed by atoms with Gasteiger partial charge in [-0.15, -0.1) is 12.4 Å². The van der Waals surface area contributed by atoms with Crippen LogP contribution in [0.25, 0.3) is 0 Å². The summed E-state index contributed by atoms with van der Waals surface area (Å²) in [6, 6.07) is 7.81. The summed E-state index contributed by atoms with van der Waals surface area (Å²) in [4.78, 5) is 11.6. The summed E-state index contributed by atoms with van der Waals surface area (Å²) in [5.41, 5.74) is 6.30. The SMILES string of the molecule is Cl.NC(C(=O)NCCCC(F)(F)F)c1ccccc1. The highest BCUT2D eigenvalue weighted by Crippen LogP contribution is 2.20. The van der Waals surface area contributed by atoms with Crippen LogP contribution in [0.2, 0.25) is 0 Å². The molecule has 0 aliphatic carbocycles. The molecular formula is C12H16ClF3N2O. The second-order valence-corrected chi connectivity index (χ2v) is 3.90. The molecule has 1 atom stereocenters. The van der Waals surface area contributed by atoms with E-state index in [1.807, 2.05) is 0 Å². The molecule has 0 radical (unpaired) electrons. The van der Waals surface area contributed by atoms with Crippen molar-refractivity contribution in [2.75, 3.05) is 6.54 Å². The molecule has 1 aromatic carbocycles. The third-order valence-electron chi connectivity index (χ3n) is 2.38. The van der Waals surface area contributed by atoms with Crippen LogP contribution < -0.4 is 11.1 Å². The first-order chi connectivity index (χ1) is 8.40. The van der Waals surface area contributed by atoms with Crippen LogP contribution in [-0.4, -0.2) is 18.6 Å². The molecule has 1 unspecified atom stereocenters. The number of nitrogens with two attached hydrogens (primary N) is 1. The summed E-state index contributed by atoms with van der Waals surface area (Å²) < 4.78 is 35.6. The summed E-state index contributed by atoms with van der Waals surface area (Å²) >= 11 is 0. The van der Waals surface area contributed by atoms with Crippen molar-refractivity contribution < 1.29 is 18.0 Å². The summed E-state index contributed by atoms with van der Waals surface area (Å²) in [5, 5.41) is 2.39. The minimum absolute atomic E-state index is 0. The fraction of sp³-hybridized carbons (Fsp3) is 0.417. The lowest BCUT2D eigenvalue weighted by atomic mass is 10.1. The zero-order chi connectivity index (χ0) is 13.6. The van der Waals surface area contributed by atoms with Crippen LogP contribution in [0.4, 0.5) is 13.2 Å². The maximum Gasteiger partial charge on any atom is 0.389 e. The highest BCUT2D eigenvalue weighted by Gasteiger charge is 2.26. The smallest absolute Gasteiger partial charge is 0.354 e. The minimum atomic E-state index is -4.19. The first kappa shape index (κ1) is 17.7. The van der Waals surface area contributed by atoms with E-state index in [2.05, 4.69) is 5.32 Å². The Morgan fingerprint density at radius 1 is 1.26 bits per heavy atom. The van der Waals surface area contributed by atoms with Crippen LogP contribution in [0.5, 0.6) is 0 Å². The number of hydrogen-bond acceptors (Lipinski definition) is 2. The van der Waals surface area contributed by atoms with Crippen LogP contribution in [0.3, 0.4) is 0 Å². The lowest BCUT2D eigenvalue weighted by molar-refractivity contribution is -0.136. The Labute approximate surface area is 115 Å². The van der Waals surface area contributed by atoms with Crippen molar-refractivity contribution in [3.8, 4) is 0 Å². The van der Waals surface area contributed by atoms with Gasteiger partial charge in [0, 0.05) is 13.0 Å². The number of alkyl halides is 3. The lowest BCUT2D eigenvalue weighted by Crippen LogP contribution is -2.34. The Morgan fingerprint density at radius 2 is 1.84 bits per heavy atom. The van der Waals surface area contributed by atoms with Gasteiger partial charge in [-0.1, -0.05) is 30.3 Å². The van der Waals surface area contributed by atoms with Gasteiger partial charge in [0.2, 0.25) is 5.91 Å². The van der Waals surface area contributed by atoms with Gasteiger partial charge in [0.05, 0.1) is 0 Å². The first-order valence-corrected chi connectivity index (χ1v) is 5.55. The highest BCUT2D eigenvalue weighted by atomic mass is 35.5. The van der Waals surface area contributed by atoms with Crippen molar-refractivity contribution in [1.29, 1.82) is 0 Å². The Bertz CT molecular complexity index is 384. The van der Waals surface area contributed by atoms with E-state index in [1.165, 1.54) is 0 Å². The molecule has 1 aromatic rings. The normalized spacial score (nSPS) is 12.4. The molecule has 3 nitrogen and oxygen atoms in total. The van der Waals surface area contributed by atoms with Crippen LogP contribution >= 0.6 is 12.4 Å². The summed E-state index contributed by atoms with van der Waals surface area (Å²) in [5.74, 6) is -0.469. The van der Waals surface area contributed by atoms with Crippen LogP contribution in [-0.2, 0) is 4.79 Å². The van der Waals surface area contributed by atoms with E-state index in [-0.39, 0.29) is 25.4 Å². The summed E-state index contributed by atoms with van der Waals surface area (Å²) in [7, 11) is 0. The molecule has 0 fully saturated rings. The van der Waals surface area contributed by atoms with Crippen LogP contribution in [0.15, 0.2) is 30.3 Å². The molecule has 108 valence electrons. The molecule has 0 heterocycles. The lowest BCUT2D eigenvalue weighted by Gasteiger charge is -2.12. The van der Waals surface area contributed by atoms with E-state index in [4.69, 9.17) is 5.73 Å². The predicted molar refractivity (Wildman–Crippen MR) is 68.9 cm³/mol. The molecule has 3 N–H and O–H groups in total. The Kier molecular flexibility index (Phi) is 7.48. The minimum Gasteiger partial charge on any atom is -0.354 e. The molecule has 0 aliphatic rings. The van der Waals surface area contributed by atoms with Crippen molar-refractivity contribution in [3.05, 3.63) is 35.9 Å². The average Bonchev–Trinajstić information content (AvgIpc) is 2.33. The average molecular weight is 297 g/mol. The number of hydrogen-bond donors (Lipinski definition) is 2. The van der Waals surface area contributed by atoms with E-state index in [9.17, 15) is 18.0 Å². The number of carbonyl (C=O) groups is 1. The number of benzene rings is 1. The molecule has 1 rings (SSSR count). The van der Waals surface area contributed by atoms with Gasteiger partial charge in [0.25, 0.3) is 0 Å². The number of nitrogens with one attached hydrogen (secondary N) is 1. The van der Waals surface area contributed by atoms with E-state index >= 15 is 0 Å². The molecule has 19 heavy (non-hydrogen) atoms. The fourth-order valence-electron chi connectivity index (χ4n) is 1.42. The van der Waals surface area contributed by atoms with Crippen molar-refractivity contribution >= 4 is 18.3 Å². The number of halogens is 4. The first-order valence-electron chi connectivity index (χ1n) is 5.55. The zero-order valence-corrected chi connectivity index (χ0v) is 10.9. The van der Waals surface area contributed by atoms with E-state index in [0.717, 1.165) is 0 Å². The van der Waals surface area contributed by atoms with Gasteiger partial charge in [0.1, 0.15) is 6.04 Å². The van der Waals surface area contributed by atoms with Gasteiger partial charge in [-0.25, -0.2) is 0 Å². The third kappa shape index (κ3) is 7.03.